The van der Waals surface area contributed by atoms with Gasteiger partial charge in [0.05, 0.1) is 29.2 Å². The predicted octanol–water partition coefficient (Wildman–Crippen LogP) is 3.66. The molecule has 1 aromatic rings. The number of hydrogen-bond donors (Lipinski definition) is 1. The minimum atomic E-state index is -0.772. The van der Waals surface area contributed by atoms with E-state index in [0.717, 1.165) is 18.4 Å². The van der Waals surface area contributed by atoms with Gasteiger partial charge in [-0.1, -0.05) is 49.4 Å². The number of nitrogens with zero attached hydrogens (tertiary/aromatic N) is 3. The highest BCUT2D eigenvalue weighted by Gasteiger charge is 2.74. The molecule has 1 spiro atoms. The summed E-state index contributed by atoms with van der Waals surface area (Å²) < 4.78 is -0.707. The predicted molar refractivity (Wildman–Crippen MR) is 151 cm³/mol. The van der Waals surface area contributed by atoms with Gasteiger partial charge in [0.25, 0.3) is 0 Å². The molecule has 3 aliphatic heterocycles. The minimum Gasteiger partial charge on any atom is -0.394 e. The molecule has 1 N–H and O–H groups in total. The fourth-order valence-corrected chi connectivity index (χ4v) is 8.99. The van der Waals surface area contributed by atoms with Gasteiger partial charge in [-0.2, -0.15) is 0 Å². The van der Waals surface area contributed by atoms with E-state index >= 15 is 0 Å². The number of aliphatic hydroxyl groups is 1. The van der Waals surface area contributed by atoms with Crippen LogP contribution in [0.1, 0.15) is 51.6 Å². The van der Waals surface area contributed by atoms with Crippen LogP contribution in [0.4, 0.5) is 0 Å². The summed E-state index contributed by atoms with van der Waals surface area (Å²) in [4.78, 5) is 48.1. The molecule has 1 aromatic carbocycles. The zero-order valence-corrected chi connectivity index (χ0v) is 23.6. The molecule has 3 aliphatic rings. The van der Waals surface area contributed by atoms with Gasteiger partial charge < -0.3 is 19.8 Å². The average molecular weight is 540 g/mol. The second-order valence-electron chi connectivity index (χ2n) is 10.9. The molecule has 3 heterocycles. The number of fused-ring (bicyclic) bond motifs is 1. The number of likely N-dealkylation sites (tertiary alicyclic amines) is 1. The molecule has 2 unspecified atom stereocenters. The molecule has 0 radical (unpaired) electrons. The van der Waals surface area contributed by atoms with Gasteiger partial charge in [0.15, 0.2) is 0 Å². The molecule has 0 aromatic heterocycles. The SMILES string of the molecule is C=CCN(CCC)C(=O)[C@@H]1[C@@H]2CCC3(S2)C(C(=O)N(CC=C)C(C)C)N([C@H](CO)c2ccccc2)C(=O)[C@H]13. The molecule has 38 heavy (non-hydrogen) atoms. The number of thioether (sulfide) groups is 1. The third kappa shape index (κ3) is 4.60. The first-order chi connectivity index (χ1) is 18.3. The number of carbonyl (C=O) groups is 3. The van der Waals surface area contributed by atoms with Crippen molar-refractivity contribution in [3.63, 3.8) is 0 Å². The molecule has 206 valence electrons. The lowest BCUT2D eigenvalue weighted by atomic mass is 9.70. The molecule has 8 heteroatoms. The lowest BCUT2D eigenvalue weighted by molar-refractivity contribution is -0.147. The van der Waals surface area contributed by atoms with Crippen LogP contribution in [0.15, 0.2) is 55.6 Å². The van der Waals surface area contributed by atoms with Gasteiger partial charge in [-0.15, -0.1) is 24.9 Å². The van der Waals surface area contributed by atoms with Crippen molar-refractivity contribution >= 4 is 29.5 Å². The van der Waals surface area contributed by atoms with E-state index in [1.807, 2.05) is 51.1 Å². The first-order valence-electron chi connectivity index (χ1n) is 13.7. The Balaban J connectivity index is 1.83. The highest BCUT2D eigenvalue weighted by atomic mass is 32.2. The number of benzene rings is 1. The van der Waals surface area contributed by atoms with Crippen molar-refractivity contribution in [2.45, 2.75) is 68.2 Å². The van der Waals surface area contributed by atoms with E-state index in [1.54, 1.807) is 38.6 Å². The fourth-order valence-electron chi connectivity index (χ4n) is 6.80. The second-order valence-corrected chi connectivity index (χ2v) is 12.5. The molecule has 3 saturated heterocycles. The van der Waals surface area contributed by atoms with E-state index in [4.69, 9.17) is 0 Å². The smallest absolute Gasteiger partial charge is 0.247 e. The molecule has 0 saturated carbocycles. The summed E-state index contributed by atoms with van der Waals surface area (Å²) in [7, 11) is 0. The lowest BCUT2D eigenvalue weighted by Gasteiger charge is -2.40. The molecule has 4 rings (SSSR count). The van der Waals surface area contributed by atoms with E-state index < -0.39 is 28.7 Å². The Morgan fingerprint density at radius 1 is 1.18 bits per heavy atom. The van der Waals surface area contributed by atoms with Crippen molar-refractivity contribution in [3.05, 3.63) is 61.2 Å². The highest BCUT2D eigenvalue weighted by Crippen LogP contribution is 2.67. The standard InChI is InChI=1S/C30H41N3O4S/c1-6-16-31(17-7-2)27(35)24-23-14-15-30(38-23)25(24)28(36)33(22(19-34)21-12-10-9-11-13-21)26(30)29(37)32(18-8-3)20(4)5/h6,8-13,20,22-26,34H,1,3,7,14-19H2,2,4-5H3/t22-,23+,24-,25+,26?,30?/m1/s1. The van der Waals surface area contributed by atoms with Gasteiger partial charge in [-0.3, -0.25) is 14.4 Å². The Labute approximate surface area is 230 Å². The minimum absolute atomic E-state index is 0.00530. The maximum Gasteiger partial charge on any atom is 0.247 e. The van der Waals surface area contributed by atoms with E-state index in [0.29, 0.717) is 26.1 Å². The van der Waals surface area contributed by atoms with Crippen LogP contribution in [0.2, 0.25) is 0 Å². The van der Waals surface area contributed by atoms with Crippen LogP contribution in [0.5, 0.6) is 0 Å². The molecular formula is C30H41N3O4S. The summed E-state index contributed by atoms with van der Waals surface area (Å²) in [5.41, 5.74) is 0.777. The van der Waals surface area contributed by atoms with Gasteiger partial charge in [-0.05, 0) is 38.7 Å². The van der Waals surface area contributed by atoms with Crippen molar-refractivity contribution < 1.29 is 19.5 Å². The number of aliphatic hydroxyl groups excluding tert-OH is 1. The van der Waals surface area contributed by atoms with Crippen molar-refractivity contribution in [3.8, 4) is 0 Å². The molecular weight excluding hydrogens is 498 g/mol. The summed E-state index contributed by atoms with van der Waals surface area (Å²) in [6, 6.07) is 7.85. The number of carbonyl (C=O) groups excluding carboxylic acids is 3. The Hall–Kier alpha value is -2.58. The number of hydrogen-bond acceptors (Lipinski definition) is 5. The van der Waals surface area contributed by atoms with Crippen molar-refractivity contribution in [1.82, 2.24) is 14.7 Å². The van der Waals surface area contributed by atoms with Gasteiger partial charge in [0.1, 0.15) is 6.04 Å². The van der Waals surface area contributed by atoms with Crippen LogP contribution in [-0.4, -0.2) is 85.8 Å². The summed E-state index contributed by atoms with van der Waals surface area (Å²) in [6.45, 7) is 14.7. The van der Waals surface area contributed by atoms with Gasteiger partial charge in [-0.25, -0.2) is 0 Å². The topological polar surface area (TPSA) is 81.2 Å². The molecule has 2 bridgehead atoms. The molecule has 0 aliphatic carbocycles. The molecule has 3 amide bonds. The van der Waals surface area contributed by atoms with Gasteiger partial charge in [0.2, 0.25) is 17.7 Å². The van der Waals surface area contributed by atoms with E-state index in [1.165, 1.54) is 0 Å². The van der Waals surface area contributed by atoms with Crippen LogP contribution in [-0.2, 0) is 14.4 Å². The Morgan fingerprint density at radius 3 is 2.45 bits per heavy atom. The van der Waals surface area contributed by atoms with E-state index in [-0.39, 0.29) is 35.6 Å². The number of rotatable bonds is 12. The first-order valence-corrected chi connectivity index (χ1v) is 14.6. The monoisotopic (exact) mass is 539 g/mol. The third-order valence-electron chi connectivity index (χ3n) is 8.34. The van der Waals surface area contributed by atoms with Crippen molar-refractivity contribution in [2.24, 2.45) is 11.8 Å². The Kier molecular flexibility index (Phi) is 8.72. The van der Waals surface area contributed by atoms with Crippen LogP contribution < -0.4 is 0 Å². The molecule has 7 nitrogen and oxygen atoms in total. The summed E-state index contributed by atoms with van der Waals surface area (Å²) >= 11 is 1.66. The van der Waals surface area contributed by atoms with E-state index in [9.17, 15) is 19.5 Å². The Morgan fingerprint density at radius 2 is 1.87 bits per heavy atom. The highest BCUT2D eigenvalue weighted by molar-refractivity contribution is 8.02. The van der Waals surface area contributed by atoms with Crippen LogP contribution in [0, 0.1) is 11.8 Å². The lowest BCUT2D eigenvalue weighted by Crippen LogP contribution is -2.57. The fraction of sp³-hybridized carbons (Fsp3) is 0.567. The zero-order valence-electron chi connectivity index (χ0n) is 22.8. The summed E-state index contributed by atoms with van der Waals surface area (Å²) in [5.74, 6) is -1.45. The quantitative estimate of drug-likeness (QED) is 0.410. The first kappa shape index (κ1) is 28.4. The van der Waals surface area contributed by atoms with Crippen molar-refractivity contribution in [2.75, 3.05) is 26.2 Å². The van der Waals surface area contributed by atoms with Gasteiger partial charge >= 0.3 is 0 Å². The average Bonchev–Trinajstić information content (AvgIpc) is 3.55. The summed E-state index contributed by atoms with van der Waals surface area (Å²) in [6.07, 6.45) is 5.73. The zero-order chi connectivity index (χ0) is 27.6. The largest absolute Gasteiger partial charge is 0.394 e. The number of amides is 3. The van der Waals surface area contributed by atoms with Crippen LogP contribution in [0.3, 0.4) is 0 Å². The Bertz CT molecular complexity index is 1060. The maximum atomic E-state index is 14.5. The third-order valence-corrected chi connectivity index (χ3v) is 10.3. The van der Waals surface area contributed by atoms with Crippen LogP contribution >= 0.6 is 11.8 Å². The molecule has 3 fully saturated rings. The van der Waals surface area contributed by atoms with Crippen molar-refractivity contribution in [1.29, 1.82) is 0 Å². The van der Waals surface area contributed by atoms with Gasteiger partial charge in [0, 0.05) is 30.9 Å². The second kappa shape index (κ2) is 11.7. The normalized spacial score (nSPS) is 28.3. The van der Waals surface area contributed by atoms with Crippen LogP contribution in [0.25, 0.3) is 0 Å². The molecule has 6 atom stereocenters. The maximum absolute atomic E-state index is 14.5. The summed E-state index contributed by atoms with van der Waals surface area (Å²) in [5, 5.41) is 10.6. The van der Waals surface area contributed by atoms with E-state index in [2.05, 4.69) is 13.2 Å².